The van der Waals surface area contributed by atoms with E-state index in [1.807, 2.05) is 19.9 Å². The Kier molecular flexibility index (Phi) is 4.11. The van der Waals surface area contributed by atoms with Crippen LogP contribution in [0.1, 0.15) is 34.3 Å². The molecule has 0 unspecified atom stereocenters. The number of ketones is 1. The summed E-state index contributed by atoms with van der Waals surface area (Å²) in [6, 6.07) is 3.72. The molecule has 0 spiro atoms. The molecule has 0 aromatic heterocycles. The summed E-state index contributed by atoms with van der Waals surface area (Å²) in [5.41, 5.74) is 3.07. The topological polar surface area (TPSA) is 57.7 Å². The lowest BCUT2D eigenvalue weighted by Gasteiger charge is -2.19. The summed E-state index contributed by atoms with van der Waals surface area (Å²) in [6.45, 7) is 4.19. The number of amides is 2. The fourth-order valence-electron chi connectivity index (χ4n) is 2.66. The lowest BCUT2D eigenvalue weighted by molar-refractivity contribution is -0.128. The van der Waals surface area contributed by atoms with Crippen LogP contribution in [0.2, 0.25) is 0 Å². The maximum atomic E-state index is 12.1. The summed E-state index contributed by atoms with van der Waals surface area (Å²) in [4.78, 5) is 38.8. The molecule has 0 saturated heterocycles. The first-order valence-electron chi connectivity index (χ1n) is 7.00. The van der Waals surface area contributed by atoms with E-state index in [-0.39, 0.29) is 5.91 Å². The summed E-state index contributed by atoms with van der Waals surface area (Å²) in [5.74, 6) is -0.916. The molecule has 0 atom stereocenters. The Labute approximate surface area is 124 Å². The van der Waals surface area contributed by atoms with Gasteiger partial charge in [-0.1, -0.05) is 6.07 Å². The van der Waals surface area contributed by atoms with E-state index in [0.717, 1.165) is 11.1 Å². The zero-order valence-corrected chi connectivity index (χ0v) is 12.9. The molecule has 1 aromatic rings. The highest BCUT2D eigenvalue weighted by molar-refractivity contribution is 6.52. The first-order chi connectivity index (χ1) is 9.82. The van der Waals surface area contributed by atoms with Gasteiger partial charge in [-0.2, -0.15) is 0 Å². The average molecular weight is 288 g/mol. The number of hydrogen-bond acceptors (Lipinski definition) is 3. The van der Waals surface area contributed by atoms with Crippen molar-refractivity contribution in [3.8, 4) is 0 Å². The molecule has 2 rings (SSSR count). The van der Waals surface area contributed by atoms with Gasteiger partial charge >= 0.3 is 0 Å². The summed E-state index contributed by atoms with van der Waals surface area (Å²) < 4.78 is 0. The van der Waals surface area contributed by atoms with Crippen molar-refractivity contribution in [3.05, 3.63) is 28.8 Å². The number of aryl methyl sites for hydroxylation is 2. The van der Waals surface area contributed by atoms with Gasteiger partial charge in [-0.3, -0.25) is 14.4 Å². The van der Waals surface area contributed by atoms with Crippen LogP contribution in [0.25, 0.3) is 0 Å². The molecule has 0 saturated carbocycles. The van der Waals surface area contributed by atoms with Crippen LogP contribution in [-0.2, 0) is 9.59 Å². The Bertz CT molecular complexity index is 620. The summed E-state index contributed by atoms with van der Waals surface area (Å²) in [7, 11) is 3.41. The maximum Gasteiger partial charge on any atom is 0.299 e. The zero-order chi connectivity index (χ0) is 15.7. The van der Waals surface area contributed by atoms with E-state index in [2.05, 4.69) is 0 Å². The normalized spacial score (nSPS) is 13.6. The minimum Gasteiger partial charge on any atom is -0.349 e. The third-order valence-electron chi connectivity index (χ3n) is 3.67. The first kappa shape index (κ1) is 15.2. The van der Waals surface area contributed by atoms with Gasteiger partial charge in [0.25, 0.3) is 11.7 Å². The number of hydrogen-bond donors (Lipinski definition) is 0. The van der Waals surface area contributed by atoms with Crippen molar-refractivity contribution in [1.29, 1.82) is 0 Å². The maximum absolute atomic E-state index is 12.1. The van der Waals surface area contributed by atoms with Crippen molar-refractivity contribution >= 4 is 23.3 Å². The van der Waals surface area contributed by atoms with Crippen LogP contribution in [0.15, 0.2) is 12.1 Å². The summed E-state index contributed by atoms with van der Waals surface area (Å²) in [5, 5.41) is 0. The molecule has 2 amide bonds. The number of anilines is 1. The molecular formula is C16H20N2O3. The van der Waals surface area contributed by atoms with Gasteiger partial charge in [-0.05, 0) is 37.5 Å². The smallest absolute Gasteiger partial charge is 0.299 e. The molecular weight excluding hydrogens is 268 g/mol. The number of fused-ring (bicyclic) bond motifs is 1. The van der Waals surface area contributed by atoms with Crippen LogP contribution in [0.4, 0.5) is 5.69 Å². The Balaban J connectivity index is 2.18. The van der Waals surface area contributed by atoms with E-state index in [9.17, 15) is 14.4 Å². The van der Waals surface area contributed by atoms with Crippen LogP contribution >= 0.6 is 0 Å². The van der Waals surface area contributed by atoms with Gasteiger partial charge in [0.2, 0.25) is 5.91 Å². The minimum atomic E-state index is -0.490. The molecule has 5 nitrogen and oxygen atoms in total. The van der Waals surface area contributed by atoms with Crippen LogP contribution in [0.3, 0.4) is 0 Å². The SMILES string of the molecule is Cc1cc(C)c2c(c1)C(=O)C(=O)N2CCCC(=O)N(C)C. The third kappa shape index (κ3) is 2.82. The van der Waals surface area contributed by atoms with Gasteiger partial charge in [0.15, 0.2) is 0 Å². The van der Waals surface area contributed by atoms with Crippen LogP contribution in [-0.4, -0.2) is 43.1 Å². The number of carbonyl (C=O) groups is 3. The lowest BCUT2D eigenvalue weighted by Crippen LogP contribution is -2.32. The molecule has 1 aliphatic heterocycles. The van der Waals surface area contributed by atoms with E-state index in [1.54, 1.807) is 20.2 Å². The van der Waals surface area contributed by atoms with Gasteiger partial charge in [0, 0.05) is 27.1 Å². The van der Waals surface area contributed by atoms with Crippen LogP contribution < -0.4 is 4.90 Å². The van der Waals surface area contributed by atoms with Gasteiger partial charge in [0.05, 0.1) is 11.3 Å². The number of benzene rings is 1. The van der Waals surface area contributed by atoms with Crippen molar-refractivity contribution in [2.24, 2.45) is 0 Å². The van der Waals surface area contributed by atoms with Crippen molar-refractivity contribution in [2.75, 3.05) is 25.5 Å². The summed E-state index contributed by atoms with van der Waals surface area (Å²) >= 11 is 0. The first-order valence-corrected chi connectivity index (χ1v) is 7.00. The average Bonchev–Trinajstić information content (AvgIpc) is 2.64. The molecule has 112 valence electrons. The van der Waals surface area contributed by atoms with Crippen molar-refractivity contribution in [1.82, 2.24) is 4.90 Å². The number of rotatable bonds is 4. The van der Waals surface area contributed by atoms with Gasteiger partial charge in [-0.15, -0.1) is 0 Å². The Morgan fingerprint density at radius 1 is 1.19 bits per heavy atom. The highest BCUT2D eigenvalue weighted by Crippen LogP contribution is 2.33. The predicted molar refractivity (Wildman–Crippen MR) is 80.5 cm³/mol. The van der Waals surface area contributed by atoms with Crippen molar-refractivity contribution in [2.45, 2.75) is 26.7 Å². The second-order valence-corrected chi connectivity index (χ2v) is 5.66. The highest BCUT2D eigenvalue weighted by atomic mass is 16.2. The van der Waals surface area contributed by atoms with E-state index in [4.69, 9.17) is 0 Å². The number of carbonyl (C=O) groups excluding carboxylic acids is 3. The molecule has 0 N–H and O–H groups in total. The Hall–Kier alpha value is -2.17. The molecule has 0 bridgehead atoms. The van der Waals surface area contributed by atoms with Crippen LogP contribution in [0.5, 0.6) is 0 Å². The third-order valence-corrected chi connectivity index (χ3v) is 3.67. The molecule has 1 aliphatic rings. The number of nitrogens with zero attached hydrogens (tertiary/aromatic N) is 2. The van der Waals surface area contributed by atoms with Crippen LogP contribution in [0, 0.1) is 13.8 Å². The Morgan fingerprint density at radius 2 is 1.86 bits per heavy atom. The largest absolute Gasteiger partial charge is 0.349 e. The monoisotopic (exact) mass is 288 g/mol. The highest BCUT2D eigenvalue weighted by Gasteiger charge is 2.36. The molecule has 1 aromatic carbocycles. The molecule has 1 heterocycles. The van der Waals surface area contributed by atoms with Gasteiger partial charge in [0.1, 0.15) is 0 Å². The van der Waals surface area contributed by atoms with Crippen molar-refractivity contribution in [3.63, 3.8) is 0 Å². The Morgan fingerprint density at radius 3 is 2.48 bits per heavy atom. The zero-order valence-electron chi connectivity index (χ0n) is 12.9. The second kappa shape index (κ2) is 5.68. The second-order valence-electron chi connectivity index (χ2n) is 5.66. The van der Waals surface area contributed by atoms with Crippen molar-refractivity contribution < 1.29 is 14.4 Å². The predicted octanol–water partition coefficient (Wildman–Crippen LogP) is 1.70. The van der Waals surface area contributed by atoms with Gasteiger partial charge < -0.3 is 9.80 Å². The lowest BCUT2D eigenvalue weighted by atomic mass is 10.0. The molecule has 5 heteroatoms. The van der Waals surface area contributed by atoms with E-state index >= 15 is 0 Å². The van der Waals surface area contributed by atoms with E-state index in [0.29, 0.717) is 30.6 Å². The fraction of sp³-hybridized carbons (Fsp3) is 0.438. The minimum absolute atomic E-state index is 0.0221. The van der Waals surface area contributed by atoms with E-state index in [1.165, 1.54) is 9.80 Å². The van der Waals surface area contributed by atoms with Gasteiger partial charge in [-0.25, -0.2) is 0 Å². The summed E-state index contributed by atoms with van der Waals surface area (Å²) in [6.07, 6.45) is 0.911. The van der Waals surface area contributed by atoms with E-state index < -0.39 is 11.7 Å². The molecule has 21 heavy (non-hydrogen) atoms. The molecule has 0 fully saturated rings. The quantitative estimate of drug-likeness (QED) is 0.792. The molecule has 0 aliphatic carbocycles. The number of Topliss-reactive ketones (excluding diaryl/α,β-unsaturated/α-hetero) is 1. The molecule has 0 radical (unpaired) electrons. The standard InChI is InChI=1S/C16H20N2O3/c1-10-8-11(2)14-12(9-10)15(20)16(21)18(14)7-5-6-13(19)17(3)4/h8-9H,5-7H2,1-4H3. The fourth-order valence-corrected chi connectivity index (χ4v) is 2.66.